The van der Waals surface area contributed by atoms with Gasteiger partial charge in [0.1, 0.15) is 12.4 Å². The van der Waals surface area contributed by atoms with Crippen molar-refractivity contribution in [2.75, 3.05) is 12.3 Å². The maximum absolute atomic E-state index is 12.8. The number of hydrogen-bond donors (Lipinski definition) is 0. The Hall–Kier alpha value is -2.32. The van der Waals surface area contributed by atoms with Gasteiger partial charge in [0.25, 0.3) is 0 Å². The van der Waals surface area contributed by atoms with Crippen molar-refractivity contribution < 1.29 is 9.53 Å². The maximum atomic E-state index is 12.8. The monoisotopic (exact) mass is 470 g/mol. The second kappa shape index (κ2) is 10.5. The standard InChI is InChI=1S/C24H30N4O2S2/c1-4-18-5-7-20(8-6-18)30-15-22-25-26-24(28(22)13-17(2)3)32-16-23(29)27-11-9-21-19(14-27)10-12-31-21/h5-8,10,12,17H,4,9,11,13-16H2,1-3H3. The van der Waals surface area contributed by atoms with Crippen LogP contribution in [0.1, 0.15) is 42.6 Å². The molecule has 6 nitrogen and oxygen atoms in total. The van der Waals surface area contributed by atoms with Gasteiger partial charge in [-0.2, -0.15) is 0 Å². The first-order valence-electron chi connectivity index (χ1n) is 11.1. The van der Waals surface area contributed by atoms with Gasteiger partial charge in [0.05, 0.1) is 5.75 Å². The number of nitrogens with zero attached hydrogens (tertiary/aromatic N) is 4. The largest absolute Gasteiger partial charge is 0.486 e. The SMILES string of the molecule is CCc1ccc(OCc2nnc(SCC(=O)N3CCc4sccc4C3)n2CC(C)C)cc1. The molecule has 1 aliphatic heterocycles. The van der Waals surface area contributed by atoms with Gasteiger partial charge in [-0.05, 0) is 53.5 Å². The van der Waals surface area contributed by atoms with Crippen molar-refractivity contribution in [3.8, 4) is 5.75 Å². The van der Waals surface area contributed by atoms with Crippen molar-refractivity contribution in [1.29, 1.82) is 0 Å². The summed E-state index contributed by atoms with van der Waals surface area (Å²) in [5, 5.41) is 11.6. The third-order valence-electron chi connectivity index (χ3n) is 5.53. The van der Waals surface area contributed by atoms with Crippen molar-refractivity contribution in [3.05, 3.63) is 57.5 Å². The van der Waals surface area contributed by atoms with E-state index in [2.05, 4.69) is 59.1 Å². The fourth-order valence-electron chi connectivity index (χ4n) is 3.73. The highest BCUT2D eigenvalue weighted by Gasteiger charge is 2.23. The molecule has 0 atom stereocenters. The molecule has 0 N–H and O–H groups in total. The van der Waals surface area contributed by atoms with E-state index in [1.54, 1.807) is 11.3 Å². The Bertz CT molecular complexity index is 1040. The molecule has 0 radical (unpaired) electrons. The third-order valence-corrected chi connectivity index (χ3v) is 7.50. The van der Waals surface area contributed by atoms with Gasteiger partial charge in [-0.1, -0.05) is 44.7 Å². The van der Waals surface area contributed by atoms with Crippen LogP contribution in [0.5, 0.6) is 5.75 Å². The molecule has 0 bridgehead atoms. The summed E-state index contributed by atoms with van der Waals surface area (Å²) in [6, 6.07) is 10.3. The molecule has 0 fully saturated rings. The molecular formula is C24H30N4O2S2. The van der Waals surface area contributed by atoms with Crippen molar-refractivity contribution in [1.82, 2.24) is 19.7 Å². The zero-order chi connectivity index (χ0) is 22.5. The predicted octanol–water partition coefficient (Wildman–Crippen LogP) is 4.81. The minimum Gasteiger partial charge on any atom is -0.486 e. The highest BCUT2D eigenvalue weighted by atomic mass is 32.2. The molecule has 1 aliphatic rings. The van der Waals surface area contributed by atoms with Crippen LogP contribution in [0.25, 0.3) is 0 Å². The quantitative estimate of drug-likeness (QED) is 0.420. The van der Waals surface area contributed by atoms with Gasteiger partial charge in [0.15, 0.2) is 11.0 Å². The van der Waals surface area contributed by atoms with Gasteiger partial charge in [-0.3, -0.25) is 4.79 Å². The summed E-state index contributed by atoms with van der Waals surface area (Å²) in [6.45, 7) is 9.12. The number of thiophene rings is 1. The Morgan fingerprint density at radius 1 is 1.22 bits per heavy atom. The number of carbonyl (C=O) groups is 1. The average molecular weight is 471 g/mol. The van der Waals surface area contributed by atoms with E-state index in [0.717, 1.165) is 42.7 Å². The molecule has 2 aromatic heterocycles. The number of hydrogen-bond acceptors (Lipinski definition) is 6. The van der Waals surface area contributed by atoms with E-state index in [1.807, 2.05) is 17.0 Å². The lowest BCUT2D eigenvalue weighted by atomic mass is 10.1. The van der Waals surface area contributed by atoms with Crippen molar-refractivity contribution in [2.45, 2.75) is 58.5 Å². The summed E-state index contributed by atoms with van der Waals surface area (Å²) in [4.78, 5) is 16.2. The molecule has 3 aromatic rings. The van der Waals surface area contributed by atoms with Crippen LogP contribution in [0.4, 0.5) is 0 Å². The fourth-order valence-corrected chi connectivity index (χ4v) is 5.49. The zero-order valence-electron chi connectivity index (χ0n) is 18.9. The Kier molecular flexibility index (Phi) is 7.52. The van der Waals surface area contributed by atoms with Crippen LogP contribution >= 0.6 is 23.1 Å². The Morgan fingerprint density at radius 3 is 2.78 bits per heavy atom. The first-order valence-corrected chi connectivity index (χ1v) is 13.0. The second-order valence-electron chi connectivity index (χ2n) is 8.41. The number of rotatable bonds is 9. The topological polar surface area (TPSA) is 60.3 Å². The number of fused-ring (bicyclic) bond motifs is 1. The molecule has 3 heterocycles. The molecule has 0 aliphatic carbocycles. The fraction of sp³-hybridized carbons (Fsp3) is 0.458. The number of aryl methyl sites for hydroxylation is 1. The van der Waals surface area contributed by atoms with Gasteiger partial charge < -0.3 is 14.2 Å². The highest BCUT2D eigenvalue weighted by molar-refractivity contribution is 7.99. The smallest absolute Gasteiger partial charge is 0.233 e. The summed E-state index contributed by atoms with van der Waals surface area (Å²) < 4.78 is 8.06. The molecular weight excluding hydrogens is 440 g/mol. The molecule has 1 amide bonds. The van der Waals surface area contributed by atoms with E-state index in [4.69, 9.17) is 4.74 Å². The molecule has 0 spiro atoms. The molecule has 0 unspecified atom stereocenters. The number of thioether (sulfide) groups is 1. The number of benzene rings is 1. The molecule has 8 heteroatoms. The zero-order valence-corrected chi connectivity index (χ0v) is 20.5. The Labute approximate surface area is 198 Å². The molecule has 0 saturated heterocycles. The molecule has 32 heavy (non-hydrogen) atoms. The van der Waals surface area contributed by atoms with Crippen molar-refractivity contribution in [3.63, 3.8) is 0 Å². The summed E-state index contributed by atoms with van der Waals surface area (Å²) >= 11 is 3.25. The third kappa shape index (κ3) is 5.53. The first kappa shape index (κ1) is 22.9. The minimum absolute atomic E-state index is 0.153. The van der Waals surface area contributed by atoms with E-state index in [0.29, 0.717) is 24.8 Å². The number of amides is 1. The van der Waals surface area contributed by atoms with Gasteiger partial charge in [-0.15, -0.1) is 21.5 Å². The number of carbonyl (C=O) groups excluding carboxylic acids is 1. The van der Waals surface area contributed by atoms with Crippen LogP contribution in [0, 0.1) is 5.92 Å². The maximum Gasteiger partial charge on any atom is 0.233 e. The predicted molar refractivity (Wildman–Crippen MR) is 129 cm³/mol. The minimum atomic E-state index is 0.153. The summed E-state index contributed by atoms with van der Waals surface area (Å²) in [7, 11) is 0. The van der Waals surface area contributed by atoms with E-state index < -0.39 is 0 Å². The molecule has 1 aromatic carbocycles. The normalized spacial score (nSPS) is 13.4. The van der Waals surface area contributed by atoms with Gasteiger partial charge in [-0.25, -0.2) is 0 Å². The van der Waals surface area contributed by atoms with Gasteiger partial charge in [0.2, 0.25) is 5.91 Å². The van der Waals surface area contributed by atoms with Crippen LogP contribution in [-0.4, -0.2) is 37.9 Å². The molecule has 170 valence electrons. The van der Waals surface area contributed by atoms with E-state index in [9.17, 15) is 4.79 Å². The average Bonchev–Trinajstić information content (AvgIpc) is 3.42. The van der Waals surface area contributed by atoms with E-state index in [-0.39, 0.29) is 5.91 Å². The summed E-state index contributed by atoms with van der Waals surface area (Å²) in [5.74, 6) is 2.56. The van der Waals surface area contributed by atoms with E-state index >= 15 is 0 Å². The van der Waals surface area contributed by atoms with Crippen LogP contribution in [0.15, 0.2) is 40.9 Å². The highest BCUT2D eigenvalue weighted by Crippen LogP contribution is 2.26. The van der Waals surface area contributed by atoms with Crippen molar-refractivity contribution >= 4 is 29.0 Å². The van der Waals surface area contributed by atoms with Crippen LogP contribution < -0.4 is 4.74 Å². The molecule has 0 saturated carbocycles. The number of aromatic nitrogens is 3. The lowest BCUT2D eigenvalue weighted by Crippen LogP contribution is -2.36. The van der Waals surface area contributed by atoms with E-state index in [1.165, 1.54) is 27.8 Å². The lowest BCUT2D eigenvalue weighted by Gasteiger charge is -2.26. The first-order chi connectivity index (χ1) is 15.5. The lowest BCUT2D eigenvalue weighted by molar-refractivity contribution is -0.129. The van der Waals surface area contributed by atoms with Crippen LogP contribution in [0.2, 0.25) is 0 Å². The van der Waals surface area contributed by atoms with Crippen LogP contribution in [-0.2, 0) is 37.3 Å². The molecule has 4 rings (SSSR count). The Morgan fingerprint density at radius 2 is 2.03 bits per heavy atom. The second-order valence-corrected chi connectivity index (χ2v) is 10.4. The Balaban J connectivity index is 1.38. The summed E-state index contributed by atoms with van der Waals surface area (Å²) in [5.41, 5.74) is 2.57. The van der Waals surface area contributed by atoms with Crippen LogP contribution in [0.3, 0.4) is 0 Å². The van der Waals surface area contributed by atoms with Gasteiger partial charge >= 0.3 is 0 Å². The van der Waals surface area contributed by atoms with Crippen molar-refractivity contribution in [2.24, 2.45) is 5.92 Å². The van der Waals surface area contributed by atoms with Gasteiger partial charge in [0, 0.05) is 24.5 Å². The number of ether oxygens (including phenoxy) is 1. The summed E-state index contributed by atoms with van der Waals surface area (Å²) in [6.07, 6.45) is 1.96.